The Hall–Kier alpha value is -1.81. The van der Waals surface area contributed by atoms with Gasteiger partial charge in [0.05, 0.1) is 0 Å². The standard InChI is InChI=1S/C12H11NO2S/c1-2-16(14,15)13-12-8-7-10-5-3-4-6-11(10)9-12/h2-9,13H,1H2. The van der Waals surface area contributed by atoms with E-state index in [0.29, 0.717) is 5.69 Å². The molecule has 0 aliphatic rings. The summed E-state index contributed by atoms with van der Waals surface area (Å²) in [5.74, 6) is 0. The number of hydrogen-bond donors (Lipinski definition) is 1. The zero-order valence-corrected chi connectivity index (χ0v) is 9.37. The first-order chi connectivity index (χ1) is 7.61. The van der Waals surface area contributed by atoms with Crippen LogP contribution < -0.4 is 4.72 Å². The van der Waals surface area contributed by atoms with Crippen molar-refractivity contribution in [3.8, 4) is 0 Å². The third-order valence-corrected chi connectivity index (χ3v) is 3.19. The van der Waals surface area contributed by atoms with Gasteiger partial charge in [0.2, 0.25) is 0 Å². The first kappa shape index (κ1) is 10.7. The first-order valence-corrected chi connectivity index (χ1v) is 6.29. The van der Waals surface area contributed by atoms with Gasteiger partial charge in [-0.15, -0.1) is 0 Å². The molecule has 82 valence electrons. The molecule has 0 radical (unpaired) electrons. The quantitative estimate of drug-likeness (QED) is 0.886. The molecule has 2 rings (SSSR count). The van der Waals surface area contributed by atoms with E-state index in [4.69, 9.17) is 0 Å². The Bertz CT molecular complexity index is 632. The zero-order valence-electron chi connectivity index (χ0n) is 8.55. The summed E-state index contributed by atoms with van der Waals surface area (Å²) in [4.78, 5) is 0. The van der Waals surface area contributed by atoms with Crippen molar-refractivity contribution < 1.29 is 8.42 Å². The summed E-state index contributed by atoms with van der Waals surface area (Å²) in [6.07, 6.45) is 0. The van der Waals surface area contributed by atoms with Gasteiger partial charge < -0.3 is 0 Å². The van der Waals surface area contributed by atoms with Crippen LogP contribution in [-0.4, -0.2) is 8.42 Å². The zero-order chi connectivity index (χ0) is 11.6. The molecule has 0 spiro atoms. The van der Waals surface area contributed by atoms with Crippen LogP contribution in [0.3, 0.4) is 0 Å². The first-order valence-electron chi connectivity index (χ1n) is 4.75. The highest BCUT2D eigenvalue weighted by atomic mass is 32.2. The van der Waals surface area contributed by atoms with Crippen molar-refractivity contribution in [3.63, 3.8) is 0 Å². The van der Waals surface area contributed by atoms with Gasteiger partial charge in [0, 0.05) is 11.1 Å². The van der Waals surface area contributed by atoms with Crippen LogP contribution in [0.1, 0.15) is 0 Å². The fourth-order valence-corrected chi connectivity index (χ4v) is 2.00. The van der Waals surface area contributed by atoms with E-state index < -0.39 is 10.0 Å². The largest absolute Gasteiger partial charge is 0.280 e. The normalized spacial score (nSPS) is 11.2. The Morgan fingerprint density at radius 2 is 1.75 bits per heavy atom. The molecule has 0 amide bonds. The maximum absolute atomic E-state index is 11.3. The summed E-state index contributed by atoms with van der Waals surface area (Å²) in [6, 6.07) is 13.1. The molecular formula is C12H11NO2S. The molecule has 1 N–H and O–H groups in total. The molecule has 16 heavy (non-hydrogen) atoms. The summed E-state index contributed by atoms with van der Waals surface area (Å²) in [5.41, 5.74) is 0.540. The fraction of sp³-hybridized carbons (Fsp3) is 0. The van der Waals surface area contributed by atoms with Crippen LogP contribution in [0.5, 0.6) is 0 Å². The molecule has 0 saturated carbocycles. The molecule has 0 aliphatic carbocycles. The Balaban J connectivity index is 2.44. The Kier molecular flexibility index (Phi) is 2.66. The van der Waals surface area contributed by atoms with Gasteiger partial charge in [-0.05, 0) is 22.9 Å². The van der Waals surface area contributed by atoms with Crippen molar-refractivity contribution in [1.29, 1.82) is 0 Å². The Labute approximate surface area is 94.5 Å². The van der Waals surface area contributed by atoms with E-state index in [1.165, 1.54) is 0 Å². The molecule has 2 aromatic carbocycles. The van der Waals surface area contributed by atoms with E-state index in [2.05, 4.69) is 11.3 Å². The third kappa shape index (κ3) is 2.23. The average molecular weight is 233 g/mol. The molecule has 0 bridgehead atoms. The molecule has 0 aromatic heterocycles. The topological polar surface area (TPSA) is 46.2 Å². The minimum Gasteiger partial charge on any atom is -0.280 e. The predicted molar refractivity (Wildman–Crippen MR) is 66.7 cm³/mol. The van der Waals surface area contributed by atoms with E-state index in [1.807, 2.05) is 30.3 Å². The molecular weight excluding hydrogens is 222 g/mol. The average Bonchev–Trinajstić information content (AvgIpc) is 2.28. The summed E-state index contributed by atoms with van der Waals surface area (Å²) >= 11 is 0. The number of benzene rings is 2. The van der Waals surface area contributed by atoms with Gasteiger partial charge in [-0.1, -0.05) is 36.9 Å². The van der Waals surface area contributed by atoms with E-state index in [0.717, 1.165) is 16.2 Å². The second-order valence-corrected chi connectivity index (χ2v) is 5.00. The van der Waals surface area contributed by atoms with E-state index in [-0.39, 0.29) is 0 Å². The molecule has 0 saturated heterocycles. The highest BCUT2D eigenvalue weighted by Gasteiger charge is 2.04. The highest BCUT2D eigenvalue weighted by Crippen LogP contribution is 2.19. The van der Waals surface area contributed by atoms with E-state index in [1.54, 1.807) is 12.1 Å². The van der Waals surface area contributed by atoms with Gasteiger partial charge in [0.15, 0.2) is 0 Å². The van der Waals surface area contributed by atoms with Crippen LogP contribution in [0.25, 0.3) is 10.8 Å². The molecule has 3 nitrogen and oxygen atoms in total. The van der Waals surface area contributed by atoms with Crippen molar-refractivity contribution in [2.24, 2.45) is 0 Å². The van der Waals surface area contributed by atoms with Crippen molar-refractivity contribution in [2.75, 3.05) is 4.72 Å². The summed E-state index contributed by atoms with van der Waals surface area (Å²) in [7, 11) is -3.43. The minimum absolute atomic E-state index is 0.540. The molecule has 0 unspecified atom stereocenters. The van der Waals surface area contributed by atoms with Crippen LogP contribution in [-0.2, 0) is 10.0 Å². The van der Waals surface area contributed by atoms with Crippen molar-refractivity contribution >= 4 is 26.5 Å². The van der Waals surface area contributed by atoms with Gasteiger partial charge in [-0.25, -0.2) is 8.42 Å². The van der Waals surface area contributed by atoms with Crippen molar-refractivity contribution in [3.05, 3.63) is 54.5 Å². The van der Waals surface area contributed by atoms with E-state index >= 15 is 0 Å². The lowest BCUT2D eigenvalue weighted by Crippen LogP contribution is -2.08. The number of rotatable bonds is 3. The van der Waals surface area contributed by atoms with Gasteiger partial charge in [-0.2, -0.15) is 0 Å². The van der Waals surface area contributed by atoms with Crippen molar-refractivity contribution in [2.45, 2.75) is 0 Å². The second-order valence-electron chi connectivity index (χ2n) is 3.38. The molecule has 2 aromatic rings. The van der Waals surface area contributed by atoms with Gasteiger partial charge in [0.25, 0.3) is 10.0 Å². The summed E-state index contributed by atoms with van der Waals surface area (Å²) in [6.45, 7) is 3.24. The molecule has 0 fully saturated rings. The summed E-state index contributed by atoms with van der Waals surface area (Å²) < 4.78 is 25.0. The smallest absolute Gasteiger partial charge is 0.254 e. The molecule has 0 aliphatic heterocycles. The van der Waals surface area contributed by atoms with Crippen LogP contribution in [0, 0.1) is 0 Å². The van der Waals surface area contributed by atoms with Gasteiger partial charge in [0.1, 0.15) is 0 Å². The molecule has 0 heterocycles. The second kappa shape index (κ2) is 3.98. The maximum atomic E-state index is 11.3. The number of nitrogens with one attached hydrogen (secondary N) is 1. The van der Waals surface area contributed by atoms with Gasteiger partial charge in [-0.3, -0.25) is 4.72 Å². The summed E-state index contributed by atoms with van der Waals surface area (Å²) in [5, 5.41) is 2.96. The number of sulfonamides is 1. The third-order valence-electron chi connectivity index (χ3n) is 2.23. The minimum atomic E-state index is -3.43. The lowest BCUT2D eigenvalue weighted by molar-refractivity contribution is 0.609. The number of hydrogen-bond acceptors (Lipinski definition) is 2. The van der Waals surface area contributed by atoms with Crippen LogP contribution >= 0.6 is 0 Å². The predicted octanol–water partition coefficient (Wildman–Crippen LogP) is 2.73. The lowest BCUT2D eigenvalue weighted by atomic mass is 10.1. The number of fused-ring (bicyclic) bond motifs is 1. The fourth-order valence-electron chi connectivity index (χ4n) is 1.46. The van der Waals surface area contributed by atoms with Crippen LogP contribution in [0.4, 0.5) is 5.69 Å². The van der Waals surface area contributed by atoms with Crippen molar-refractivity contribution in [1.82, 2.24) is 0 Å². The Morgan fingerprint density at radius 1 is 1.06 bits per heavy atom. The highest BCUT2D eigenvalue weighted by molar-refractivity contribution is 7.95. The Morgan fingerprint density at radius 3 is 2.44 bits per heavy atom. The van der Waals surface area contributed by atoms with Crippen LogP contribution in [0.15, 0.2) is 54.5 Å². The maximum Gasteiger partial charge on any atom is 0.254 e. The lowest BCUT2D eigenvalue weighted by Gasteiger charge is -2.05. The monoisotopic (exact) mass is 233 g/mol. The molecule has 0 atom stereocenters. The van der Waals surface area contributed by atoms with E-state index in [9.17, 15) is 8.42 Å². The van der Waals surface area contributed by atoms with Gasteiger partial charge >= 0.3 is 0 Å². The molecule has 4 heteroatoms. The van der Waals surface area contributed by atoms with Crippen LogP contribution in [0.2, 0.25) is 0 Å². The SMILES string of the molecule is C=CS(=O)(=O)Nc1ccc2ccccc2c1. The number of anilines is 1.